The number of para-hydroxylation sites is 1. The van der Waals surface area contributed by atoms with Crippen LogP contribution in [0.2, 0.25) is 0 Å². The van der Waals surface area contributed by atoms with E-state index in [-0.39, 0.29) is 5.52 Å². The van der Waals surface area contributed by atoms with Gasteiger partial charge in [-0.05, 0) is 17.5 Å². The smallest absolute Gasteiger partial charge is 0.403 e. The lowest BCUT2D eigenvalue weighted by molar-refractivity contribution is -0.195. The molecule has 106 valence electrons. The van der Waals surface area contributed by atoms with E-state index in [4.69, 9.17) is 5.11 Å². The van der Waals surface area contributed by atoms with Crippen molar-refractivity contribution in [1.82, 2.24) is 4.57 Å². The normalized spacial score (nSPS) is 13.3. The lowest BCUT2D eigenvalue weighted by Gasteiger charge is -2.18. The van der Waals surface area contributed by atoms with Gasteiger partial charge in [-0.25, -0.2) is 0 Å². The predicted octanol–water partition coefficient (Wildman–Crippen LogP) is 2.26. The highest BCUT2D eigenvalue weighted by molar-refractivity contribution is 5.79. The highest BCUT2D eigenvalue weighted by Crippen LogP contribution is 2.28. The number of carboxylic acid groups (broad SMARTS) is 1. The first-order valence-corrected chi connectivity index (χ1v) is 5.69. The van der Waals surface area contributed by atoms with Crippen LogP contribution in [0.5, 0.6) is 0 Å². The van der Waals surface area contributed by atoms with E-state index >= 15 is 0 Å². The fourth-order valence-corrected chi connectivity index (χ4v) is 1.94. The van der Waals surface area contributed by atoms with Gasteiger partial charge in [0.15, 0.2) is 5.92 Å². The van der Waals surface area contributed by atoms with Gasteiger partial charge in [0.05, 0.1) is 5.52 Å². The number of pyridine rings is 1. The number of hydrogen-bond acceptors (Lipinski definition) is 2. The van der Waals surface area contributed by atoms with Crippen LogP contribution in [0.1, 0.15) is 0 Å². The van der Waals surface area contributed by atoms with Crippen molar-refractivity contribution < 1.29 is 23.1 Å². The molecule has 0 saturated heterocycles. The SMILES string of the molecule is O=C(O)C(Cn1c(=O)ccc2ccccc21)C(F)(F)F. The summed E-state index contributed by atoms with van der Waals surface area (Å²) in [7, 11) is 0. The highest BCUT2D eigenvalue weighted by Gasteiger charge is 2.45. The first-order valence-electron chi connectivity index (χ1n) is 5.69. The molecule has 1 unspecified atom stereocenters. The Hall–Kier alpha value is -2.31. The zero-order chi connectivity index (χ0) is 14.9. The molecule has 0 aliphatic carbocycles. The minimum Gasteiger partial charge on any atom is -0.481 e. The minimum atomic E-state index is -4.91. The first-order chi connectivity index (χ1) is 9.30. The number of benzene rings is 1. The quantitative estimate of drug-likeness (QED) is 0.941. The molecule has 1 N–H and O–H groups in total. The second kappa shape index (κ2) is 4.99. The van der Waals surface area contributed by atoms with Gasteiger partial charge in [0.25, 0.3) is 5.56 Å². The summed E-state index contributed by atoms with van der Waals surface area (Å²) < 4.78 is 38.9. The Balaban J connectivity index is 2.55. The summed E-state index contributed by atoms with van der Waals surface area (Å²) in [6, 6.07) is 8.97. The molecular formula is C13H10F3NO3. The van der Waals surface area contributed by atoms with E-state index in [0.29, 0.717) is 5.39 Å². The van der Waals surface area contributed by atoms with Crippen LogP contribution < -0.4 is 5.56 Å². The Kier molecular flexibility index (Phi) is 3.52. The standard InChI is InChI=1S/C13H10F3NO3/c14-13(15,16)9(12(19)20)7-17-10-4-2-1-3-8(10)5-6-11(17)18/h1-6,9H,7H2,(H,19,20). The second-order valence-electron chi connectivity index (χ2n) is 4.27. The van der Waals surface area contributed by atoms with Crippen molar-refractivity contribution in [1.29, 1.82) is 0 Å². The average Bonchev–Trinajstić information content (AvgIpc) is 2.35. The topological polar surface area (TPSA) is 59.3 Å². The van der Waals surface area contributed by atoms with Crippen molar-refractivity contribution in [2.75, 3.05) is 0 Å². The highest BCUT2D eigenvalue weighted by atomic mass is 19.4. The molecule has 1 heterocycles. The average molecular weight is 285 g/mol. The van der Waals surface area contributed by atoms with Gasteiger partial charge in [0.2, 0.25) is 0 Å². The summed E-state index contributed by atoms with van der Waals surface area (Å²) in [6.07, 6.45) is -4.91. The molecule has 0 aliphatic heterocycles. The molecular weight excluding hydrogens is 275 g/mol. The maximum atomic E-state index is 12.7. The molecule has 0 amide bonds. The molecule has 0 bridgehead atoms. The predicted molar refractivity (Wildman–Crippen MR) is 65.4 cm³/mol. The molecule has 2 rings (SSSR count). The van der Waals surface area contributed by atoms with E-state index in [9.17, 15) is 22.8 Å². The van der Waals surface area contributed by atoms with E-state index in [1.54, 1.807) is 18.2 Å². The van der Waals surface area contributed by atoms with Crippen molar-refractivity contribution in [2.45, 2.75) is 12.7 Å². The van der Waals surface area contributed by atoms with Crippen molar-refractivity contribution in [3.63, 3.8) is 0 Å². The van der Waals surface area contributed by atoms with Crippen molar-refractivity contribution in [2.24, 2.45) is 5.92 Å². The van der Waals surface area contributed by atoms with Crippen LogP contribution in [0, 0.1) is 5.92 Å². The molecule has 4 nitrogen and oxygen atoms in total. The number of hydrogen-bond donors (Lipinski definition) is 1. The van der Waals surface area contributed by atoms with Crippen molar-refractivity contribution in [3.05, 3.63) is 46.8 Å². The van der Waals surface area contributed by atoms with Crippen LogP contribution in [-0.4, -0.2) is 21.8 Å². The fraction of sp³-hybridized carbons (Fsp3) is 0.231. The molecule has 0 spiro atoms. The Morgan fingerprint density at radius 2 is 1.85 bits per heavy atom. The van der Waals surface area contributed by atoms with E-state index in [1.165, 1.54) is 12.1 Å². The number of aliphatic carboxylic acids is 1. The summed E-state index contributed by atoms with van der Waals surface area (Å²) in [4.78, 5) is 22.5. The Morgan fingerprint density at radius 3 is 2.45 bits per heavy atom. The molecule has 1 aromatic carbocycles. The lowest BCUT2D eigenvalue weighted by Crippen LogP contribution is -2.37. The van der Waals surface area contributed by atoms with Gasteiger partial charge in [-0.3, -0.25) is 9.59 Å². The van der Waals surface area contributed by atoms with Crippen molar-refractivity contribution >= 4 is 16.9 Å². The number of carbonyl (C=O) groups is 1. The number of aromatic nitrogens is 1. The third-order valence-electron chi connectivity index (χ3n) is 2.96. The van der Waals surface area contributed by atoms with E-state index in [1.807, 2.05) is 0 Å². The van der Waals surface area contributed by atoms with Gasteiger partial charge < -0.3 is 9.67 Å². The van der Waals surface area contributed by atoms with E-state index in [0.717, 1.165) is 10.6 Å². The summed E-state index contributed by atoms with van der Waals surface area (Å²) >= 11 is 0. The Morgan fingerprint density at radius 1 is 1.20 bits per heavy atom. The number of fused-ring (bicyclic) bond motifs is 1. The molecule has 1 atom stereocenters. The lowest BCUT2D eigenvalue weighted by atomic mass is 10.1. The zero-order valence-electron chi connectivity index (χ0n) is 10.1. The molecule has 1 aromatic heterocycles. The molecule has 0 fully saturated rings. The van der Waals surface area contributed by atoms with Gasteiger partial charge in [-0.15, -0.1) is 0 Å². The molecule has 2 aromatic rings. The van der Waals surface area contributed by atoms with Gasteiger partial charge in [0.1, 0.15) is 0 Å². The number of nitrogens with zero attached hydrogens (tertiary/aromatic N) is 1. The van der Waals surface area contributed by atoms with E-state index < -0.39 is 30.2 Å². The molecule has 7 heteroatoms. The summed E-state index contributed by atoms with van der Waals surface area (Å²) in [5, 5.41) is 9.27. The van der Waals surface area contributed by atoms with Gasteiger partial charge in [0, 0.05) is 12.6 Å². The summed E-state index contributed by atoms with van der Waals surface area (Å²) in [5.41, 5.74) is -0.394. The number of rotatable bonds is 3. The number of halogens is 3. The maximum absolute atomic E-state index is 12.7. The van der Waals surface area contributed by atoms with Gasteiger partial charge in [-0.1, -0.05) is 18.2 Å². The third kappa shape index (κ3) is 2.66. The second-order valence-corrected chi connectivity index (χ2v) is 4.27. The van der Waals surface area contributed by atoms with Crippen LogP contribution in [0.15, 0.2) is 41.2 Å². The number of carboxylic acids is 1. The third-order valence-corrected chi connectivity index (χ3v) is 2.96. The first kappa shape index (κ1) is 14.1. The Bertz CT molecular complexity index is 706. The van der Waals surface area contributed by atoms with Crippen LogP contribution in [0.4, 0.5) is 13.2 Å². The molecule has 0 radical (unpaired) electrons. The van der Waals surface area contributed by atoms with Crippen LogP contribution in [0.3, 0.4) is 0 Å². The van der Waals surface area contributed by atoms with Crippen LogP contribution >= 0.6 is 0 Å². The van der Waals surface area contributed by atoms with Gasteiger partial charge in [-0.2, -0.15) is 13.2 Å². The molecule has 20 heavy (non-hydrogen) atoms. The van der Waals surface area contributed by atoms with Gasteiger partial charge >= 0.3 is 12.1 Å². The molecule has 0 aliphatic rings. The summed E-state index contributed by atoms with van der Waals surface area (Å²) in [6.45, 7) is -0.945. The monoisotopic (exact) mass is 285 g/mol. The zero-order valence-corrected chi connectivity index (χ0v) is 10.1. The van der Waals surface area contributed by atoms with Crippen LogP contribution in [-0.2, 0) is 11.3 Å². The maximum Gasteiger partial charge on any atom is 0.403 e. The molecule has 0 saturated carbocycles. The minimum absolute atomic E-state index is 0.274. The largest absolute Gasteiger partial charge is 0.481 e. The summed E-state index contributed by atoms with van der Waals surface area (Å²) in [5.74, 6) is -4.62. The fourth-order valence-electron chi connectivity index (χ4n) is 1.94. The van der Waals surface area contributed by atoms with E-state index in [2.05, 4.69) is 0 Å². The number of alkyl halides is 3. The van der Waals surface area contributed by atoms with Crippen molar-refractivity contribution in [3.8, 4) is 0 Å². The van der Waals surface area contributed by atoms with Crippen LogP contribution in [0.25, 0.3) is 10.9 Å². The Labute approximate surface area is 111 Å².